The third kappa shape index (κ3) is 2.88. The maximum Gasteiger partial charge on any atom is 0.328 e. The molecule has 0 saturated heterocycles. The monoisotopic (exact) mass is 329 g/mol. The van der Waals surface area contributed by atoms with Crippen LogP contribution in [0.15, 0.2) is 20.8 Å². The fourth-order valence-electron chi connectivity index (χ4n) is 2.52. The maximum atomic E-state index is 11.9. The highest BCUT2D eigenvalue weighted by Crippen LogP contribution is 2.32. The second kappa shape index (κ2) is 5.85. The molecule has 4 N–H and O–H groups in total. The Labute approximate surface area is 118 Å². The first-order valence-corrected chi connectivity index (χ1v) is 6.97. The zero-order valence-electron chi connectivity index (χ0n) is 10.3. The molecule has 0 unspecified atom stereocenters. The fourth-order valence-corrected chi connectivity index (χ4v) is 2.81. The van der Waals surface area contributed by atoms with E-state index in [0.29, 0.717) is 18.4 Å². The zero-order chi connectivity index (χ0) is 14.0. The van der Waals surface area contributed by atoms with Crippen molar-refractivity contribution in [3.05, 3.63) is 37.6 Å². The lowest BCUT2D eigenvalue weighted by atomic mass is 10.1. The summed E-state index contributed by atoms with van der Waals surface area (Å²) >= 11 is 3.10. The summed E-state index contributed by atoms with van der Waals surface area (Å²) < 4.78 is 1.50. The number of nitrogens with one attached hydrogen (secondary N) is 1. The van der Waals surface area contributed by atoms with Gasteiger partial charge in [-0.2, -0.15) is 0 Å². The number of nitrogens with two attached hydrogens (primary N) is 1. The number of aliphatic hydroxyl groups excluding tert-OH is 1. The number of halogens is 1. The van der Waals surface area contributed by atoms with Gasteiger partial charge in [0, 0.05) is 24.9 Å². The van der Waals surface area contributed by atoms with Crippen LogP contribution in [0.4, 0.5) is 0 Å². The van der Waals surface area contributed by atoms with E-state index in [1.807, 2.05) is 0 Å². The van der Waals surface area contributed by atoms with Crippen molar-refractivity contribution in [2.24, 2.45) is 11.7 Å². The topological polar surface area (TPSA) is 101 Å². The summed E-state index contributed by atoms with van der Waals surface area (Å²) in [5, 5.41) is 9.21. The van der Waals surface area contributed by atoms with E-state index in [1.54, 1.807) is 11.1 Å². The molecule has 3 atom stereocenters. The highest BCUT2D eigenvalue weighted by atomic mass is 79.9. The van der Waals surface area contributed by atoms with Gasteiger partial charge in [-0.1, -0.05) is 15.9 Å². The molecule has 0 radical (unpaired) electrons. The Kier molecular flexibility index (Phi) is 4.38. The number of hydrogen-bond donors (Lipinski definition) is 3. The summed E-state index contributed by atoms with van der Waals surface area (Å²) in [6, 6.07) is -0.206. The van der Waals surface area contributed by atoms with Gasteiger partial charge in [-0.15, -0.1) is 0 Å². The van der Waals surface area contributed by atoms with Crippen molar-refractivity contribution in [3.63, 3.8) is 0 Å². The van der Waals surface area contributed by atoms with Gasteiger partial charge >= 0.3 is 5.69 Å². The van der Waals surface area contributed by atoms with E-state index in [-0.39, 0.29) is 24.6 Å². The lowest BCUT2D eigenvalue weighted by molar-refractivity contribution is 0.215. The molecule has 6 nitrogen and oxygen atoms in total. The van der Waals surface area contributed by atoms with Crippen molar-refractivity contribution in [3.8, 4) is 0 Å². The summed E-state index contributed by atoms with van der Waals surface area (Å²) in [6.45, 7) is 0.0178. The van der Waals surface area contributed by atoms with Gasteiger partial charge in [-0.05, 0) is 29.8 Å². The van der Waals surface area contributed by atoms with Gasteiger partial charge in [-0.3, -0.25) is 14.3 Å². The highest BCUT2D eigenvalue weighted by Gasteiger charge is 2.32. The average molecular weight is 330 g/mol. The molecule has 104 valence electrons. The third-order valence-electron chi connectivity index (χ3n) is 3.59. The Hall–Kier alpha value is -1.18. The predicted octanol–water partition coefficient (Wildman–Crippen LogP) is 0.173. The summed E-state index contributed by atoms with van der Waals surface area (Å²) in [4.78, 5) is 27.3. The molecule has 1 saturated carbocycles. The molecule has 1 aliphatic rings. The second-order valence-electron chi connectivity index (χ2n) is 4.78. The molecule has 1 aliphatic carbocycles. The molecule has 1 fully saturated rings. The van der Waals surface area contributed by atoms with Gasteiger partial charge in [0.1, 0.15) is 0 Å². The summed E-state index contributed by atoms with van der Waals surface area (Å²) in [7, 11) is 0. The van der Waals surface area contributed by atoms with Crippen LogP contribution >= 0.6 is 15.9 Å². The van der Waals surface area contributed by atoms with Crippen LogP contribution < -0.4 is 17.0 Å². The Morgan fingerprint density at radius 2 is 2.26 bits per heavy atom. The van der Waals surface area contributed by atoms with Crippen molar-refractivity contribution in [1.82, 2.24) is 9.55 Å². The van der Waals surface area contributed by atoms with Crippen molar-refractivity contribution < 1.29 is 5.11 Å². The molecule has 1 heterocycles. The minimum Gasteiger partial charge on any atom is -0.396 e. The van der Waals surface area contributed by atoms with E-state index in [1.165, 1.54) is 10.8 Å². The molecule has 0 aliphatic heterocycles. The Morgan fingerprint density at radius 1 is 1.53 bits per heavy atom. The Balaban J connectivity index is 2.38. The van der Waals surface area contributed by atoms with E-state index in [2.05, 4.69) is 20.9 Å². The molecule has 1 aromatic rings. The smallest absolute Gasteiger partial charge is 0.328 e. The van der Waals surface area contributed by atoms with Gasteiger partial charge in [-0.25, -0.2) is 4.79 Å². The minimum atomic E-state index is -0.437. The van der Waals surface area contributed by atoms with Gasteiger partial charge in [0.05, 0.1) is 5.56 Å². The van der Waals surface area contributed by atoms with E-state index < -0.39 is 11.2 Å². The Morgan fingerprint density at radius 3 is 2.84 bits per heavy atom. The lowest BCUT2D eigenvalue weighted by Crippen LogP contribution is -2.33. The van der Waals surface area contributed by atoms with Crippen molar-refractivity contribution in [1.29, 1.82) is 0 Å². The van der Waals surface area contributed by atoms with Crippen LogP contribution in [0.2, 0.25) is 0 Å². The quantitative estimate of drug-likeness (QED) is 0.735. The SMILES string of the molecule is N[C@@H]1C[C@H](n2cc(/C=C/Br)c(=O)[nH]c2=O)C[C@@H]1CO. The third-order valence-corrected chi connectivity index (χ3v) is 3.85. The van der Waals surface area contributed by atoms with Crippen LogP contribution in [0.3, 0.4) is 0 Å². The number of nitrogens with zero attached hydrogens (tertiary/aromatic N) is 1. The molecule has 1 aromatic heterocycles. The Bertz CT molecular complexity index is 593. The van der Waals surface area contributed by atoms with Gasteiger partial charge in [0.2, 0.25) is 0 Å². The average Bonchev–Trinajstić information content (AvgIpc) is 2.74. The van der Waals surface area contributed by atoms with Crippen molar-refractivity contribution >= 4 is 22.0 Å². The number of H-pyrrole nitrogens is 1. The van der Waals surface area contributed by atoms with Crippen LogP contribution in [0, 0.1) is 5.92 Å². The van der Waals surface area contributed by atoms with Crippen molar-refractivity contribution in [2.75, 3.05) is 6.61 Å². The van der Waals surface area contributed by atoms with Gasteiger partial charge in [0.25, 0.3) is 5.56 Å². The van der Waals surface area contributed by atoms with Crippen LogP contribution in [0.5, 0.6) is 0 Å². The second-order valence-corrected chi connectivity index (χ2v) is 5.30. The largest absolute Gasteiger partial charge is 0.396 e. The van der Waals surface area contributed by atoms with Crippen LogP contribution in [0.25, 0.3) is 6.08 Å². The first-order chi connectivity index (χ1) is 9.06. The number of aromatic amines is 1. The zero-order valence-corrected chi connectivity index (χ0v) is 11.8. The lowest BCUT2D eigenvalue weighted by Gasteiger charge is -2.13. The van der Waals surface area contributed by atoms with Crippen molar-refractivity contribution in [2.45, 2.75) is 24.9 Å². The van der Waals surface area contributed by atoms with Gasteiger partial charge in [0.15, 0.2) is 0 Å². The summed E-state index contributed by atoms with van der Waals surface area (Å²) in [5.74, 6) is -0.000930. The minimum absolute atomic E-state index is 0.000930. The normalized spacial score (nSPS) is 27.2. The number of aromatic nitrogens is 2. The summed E-state index contributed by atoms with van der Waals surface area (Å²) in [5.41, 5.74) is 5.47. The molecule has 2 rings (SSSR count). The molecule has 0 amide bonds. The molecular formula is C12H16BrN3O3. The first-order valence-electron chi connectivity index (χ1n) is 6.05. The van der Waals surface area contributed by atoms with E-state index in [0.717, 1.165) is 0 Å². The standard InChI is InChI=1S/C12H16BrN3O3/c13-2-1-7-5-16(12(19)15-11(7)18)9-3-8(6-17)10(14)4-9/h1-2,5,8-10,17H,3-4,6,14H2,(H,15,18,19)/b2-1+/t8-,9-,10-/m1/s1. The van der Waals surface area contributed by atoms with E-state index in [9.17, 15) is 14.7 Å². The molecular weight excluding hydrogens is 314 g/mol. The number of rotatable bonds is 3. The van der Waals surface area contributed by atoms with E-state index >= 15 is 0 Å². The molecule has 19 heavy (non-hydrogen) atoms. The molecule has 0 bridgehead atoms. The maximum absolute atomic E-state index is 11.9. The van der Waals surface area contributed by atoms with Crippen LogP contribution in [0.1, 0.15) is 24.4 Å². The molecule has 0 aromatic carbocycles. The van der Waals surface area contributed by atoms with Crippen LogP contribution in [-0.2, 0) is 0 Å². The van der Waals surface area contributed by atoms with Crippen LogP contribution in [-0.4, -0.2) is 27.3 Å². The number of hydrogen-bond acceptors (Lipinski definition) is 4. The first kappa shape index (κ1) is 14.2. The van der Waals surface area contributed by atoms with Gasteiger partial charge < -0.3 is 10.8 Å². The molecule has 0 spiro atoms. The predicted molar refractivity (Wildman–Crippen MR) is 76.1 cm³/mol. The molecule has 7 heteroatoms. The summed E-state index contributed by atoms with van der Waals surface area (Å²) in [6.07, 6.45) is 4.37. The fraction of sp³-hybridized carbons (Fsp3) is 0.500. The highest BCUT2D eigenvalue weighted by molar-refractivity contribution is 9.11. The van der Waals surface area contributed by atoms with E-state index in [4.69, 9.17) is 5.73 Å². The number of aliphatic hydroxyl groups is 1.